The highest BCUT2D eigenvalue weighted by atomic mass is 32.1. The van der Waals surface area contributed by atoms with Crippen molar-refractivity contribution in [2.24, 2.45) is 4.99 Å². The molecule has 0 amide bonds. The lowest BCUT2D eigenvalue weighted by Crippen LogP contribution is -2.35. The number of carbonyl (C=O) groups excluding carboxylic acids is 1. The molecular weight excluding hydrogens is 328 g/mol. The molecule has 2 aromatic heterocycles. The maximum Gasteiger partial charge on any atom is 0.338 e. The summed E-state index contributed by atoms with van der Waals surface area (Å²) < 4.78 is 12.7. The van der Waals surface area contributed by atoms with Crippen LogP contribution in [0.4, 0.5) is 0 Å². The van der Waals surface area contributed by atoms with Gasteiger partial charge in [-0.1, -0.05) is 16.9 Å². The molecule has 24 heavy (non-hydrogen) atoms. The van der Waals surface area contributed by atoms with Crippen LogP contribution in [0.2, 0.25) is 0 Å². The van der Waals surface area contributed by atoms with E-state index < -0.39 is 12.0 Å². The van der Waals surface area contributed by atoms with Gasteiger partial charge in [-0.2, -0.15) is 0 Å². The zero-order valence-corrected chi connectivity index (χ0v) is 14.8. The van der Waals surface area contributed by atoms with Gasteiger partial charge in [-0.15, -0.1) is 0 Å². The number of hydrogen-bond acceptors (Lipinski definition) is 6. The fraction of sp³-hybridized carbons (Fsp3) is 0.353. The summed E-state index contributed by atoms with van der Waals surface area (Å²) >= 11 is 1.32. The third-order valence-corrected chi connectivity index (χ3v) is 5.04. The average molecular weight is 346 g/mol. The van der Waals surface area contributed by atoms with E-state index in [9.17, 15) is 9.59 Å². The lowest BCUT2D eigenvalue weighted by molar-refractivity contribution is -0.138. The van der Waals surface area contributed by atoms with Crippen molar-refractivity contribution in [3.8, 4) is 0 Å². The molecule has 0 fully saturated rings. The standard InChI is InChI=1S/C17H18N2O4S/c1-5-22-16(21)12-10(4)19-15(20)14(9(2)3)24-17(19)18-13(12)11-7-6-8-23-11/h6-8,13H,5H2,1-4H3/t13-/m1/s1. The quantitative estimate of drug-likeness (QED) is 0.795. The maximum atomic E-state index is 12.7. The minimum atomic E-state index is -0.609. The number of aromatic nitrogens is 1. The molecule has 1 atom stereocenters. The van der Waals surface area contributed by atoms with E-state index in [-0.39, 0.29) is 12.2 Å². The van der Waals surface area contributed by atoms with Gasteiger partial charge < -0.3 is 9.15 Å². The zero-order valence-electron chi connectivity index (χ0n) is 14.0. The van der Waals surface area contributed by atoms with Crippen LogP contribution in [0.25, 0.3) is 11.3 Å². The molecule has 0 radical (unpaired) electrons. The Kier molecular flexibility index (Phi) is 4.28. The molecule has 0 aromatic carbocycles. The number of ether oxygens (including phenoxy) is 1. The molecule has 0 unspecified atom stereocenters. The van der Waals surface area contributed by atoms with Crippen LogP contribution >= 0.6 is 11.3 Å². The predicted octanol–water partition coefficient (Wildman–Crippen LogP) is 1.86. The molecule has 3 rings (SSSR count). The number of thiazole rings is 1. The first kappa shape index (κ1) is 16.4. The second-order valence-electron chi connectivity index (χ2n) is 5.62. The van der Waals surface area contributed by atoms with Crippen LogP contribution in [0, 0.1) is 0 Å². The van der Waals surface area contributed by atoms with Crippen LogP contribution in [-0.2, 0) is 9.53 Å². The van der Waals surface area contributed by atoms with Crippen molar-refractivity contribution in [2.45, 2.75) is 33.7 Å². The molecule has 2 aromatic rings. The number of nitrogens with zero attached hydrogens (tertiary/aromatic N) is 2. The molecule has 0 spiro atoms. The summed E-state index contributed by atoms with van der Waals surface area (Å²) in [7, 11) is 0. The Morgan fingerprint density at radius 1 is 1.46 bits per heavy atom. The summed E-state index contributed by atoms with van der Waals surface area (Å²) in [6.45, 7) is 7.50. The highest BCUT2D eigenvalue weighted by Crippen LogP contribution is 2.32. The van der Waals surface area contributed by atoms with Crippen molar-refractivity contribution >= 4 is 28.6 Å². The largest absolute Gasteiger partial charge is 0.467 e. The van der Waals surface area contributed by atoms with Gasteiger partial charge in [-0.3, -0.25) is 9.36 Å². The van der Waals surface area contributed by atoms with Crippen LogP contribution in [0.1, 0.15) is 39.5 Å². The Balaban J connectivity index is 2.34. The van der Waals surface area contributed by atoms with Gasteiger partial charge in [0.1, 0.15) is 11.8 Å². The lowest BCUT2D eigenvalue weighted by atomic mass is 10.0. The van der Waals surface area contributed by atoms with E-state index in [0.717, 1.165) is 5.57 Å². The SMILES string of the molecule is CCOC(=O)C1=C(C)n2c(sc(=C(C)C)c2=O)=N[C@@H]1c1ccco1. The second kappa shape index (κ2) is 6.24. The summed E-state index contributed by atoms with van der Waals surface area (Å²) in [4.78, 5) is 30.3. The van der Waals surface area contributed by atoms with Crippen molar-refractivity contribution in [2.75, 3.05) is 6.61 Å². The Labute approximate surface area is 142 Å². The van der Waals surface area contributed by atoms with Crippen LogP contribution < -0.4 is 14.9 Å². The molecule has 1 aliphatic rings. The normalized spacial score (nSPS) is 16.6. The van der Waals surface area contributed by atoms with Gasteiger partial charge in [0.15, 0.2) is 4.80 Å². The summed E-state index contributed by atoms with van der Waals surface area (Å²) in [5.74, 6) is 0.0610. The third-order valence-electron chi connectivity index (χ3n) is 3.78. The molecule has 7 heteroatoms. The highest BCUT2D eigenvalue weighted by molar-refractivity contribution is 7.07. The number of hydrogen-bond donors (Lipinski definition) is 0. The summed E-state index contributed by atoms with van der Waals surface area (Å²) in [6, 6.07) is 2.90. The molecule has 0 N–H and O–H groups in total. The summed E-state index contributed by atoms with van der Waals surface area (Å²) in [5, 5.41) is 0. The van der Waals surface area contributed by atoms with Crippen LogP contribution in [0.3, 0.4) is 0 Å². The minimum Gasteiger partial charge on any atom is -0.467 e. The summed E-state index contributed by atoms with van der Waals surface area (Å²) in [6.07, 6.45) is 1.54. The van der Waals surface area contributed by atoms with Crippen LogP contribution in [0.5, 0.6) is 0 Å². The fourth-order valence-electron chi connectivity index (χ4n) is 2.68. The first-order chi connectivity index (χ1) is 11.5. The molecule has 126 valence electrons. The Morgan fingerprint density at radius 2 is 2.21 bits per heavy atom. The number of esters is 1. The van der Waals surface area contributed by atoms with Gasteiger partial charge in [0.25, 0.3) is 5.56 Å². The van der Waals surface area contributed by atoms with Gasteiger partial charge >= 0.3 is 5.97 Å². The number of furan rings is 1. The molecule has 3 heterocycles. The molecule has 6 nitrogen and oxygen atoms in total. The van der Waals surface area contributed by atoms with E-state index in [0.29, 0.717) is 26.4 Å². The van der Waals surface area contributed by atoms with Crippen LogP contribution in [-0.4, -0.2) is 17.1 Å². The van der Waals surface area contributed by atoms with Crippen molar-refractivity contribution in [3.63, 3.8) is 0 Å². The predicted molar refractivity (Wildman–Crippen MR) is 91.1 cm³/mol. The van der Waals surface area contributed by atoms with E-state index in [1.807, 2.05) is 13.8 Å². The van der Waals surface area contributed by atoms with Crippen molar-refractivity contribution in [1.29, 1.82) is 0 Å². The van der Waals surface area contributed by atoms with E-state index in [2.05, 4.69) is 4.99 Å². The first-order valence-electron chi connectivity index (χ1n) is 7.64. The monoisotopic (exact) mass is 346 g/mol. The number of allylic oxidation sites excluding steroid dienone is 1. The number of carbonyl (C=O) groups is 1. The molecule has 0 saturated carbocycles. The molecule has 0 bridgehead atoms. The fourth-order valence-corrected chi connectivity index (χ4v) is 3.71. The minimum absolute atomic E-state index is 0.157. The van der Waals surface area contributed by atoms with Gasteiger partial charge in [-0.05, 0) is 39.8 Å². The van der Waals surface area contributed by atoms with Crippen molar-refractivity contribution < 1.29 is 13.9 Å². The zero-order chi connectivity index (χ0) is 17.4. The highest BCUT2D eigenvalue weighted by Gasteiger charge is 2.32. The lowest BCUT2D eigenvalue weighted by Gasteiger charge is -2.20. The second-order valence-corrected chi connectivity index (χ2v) is 6.60. The van der Waals surface area contributed by atoms with E-state index in [1.165, 1.54) is 22.2 Å². The Bertz CT molecular complexity index is 989. The smallest absolute Gasteiger partial charge is 0.338 e. The van der Waals surface area contributed by atoms with Crippen molar-refractivity contribution in [1.82, 2.24) is 4.57 Å². The molecule has 0 saturated heterocycles. The molecular formula is C17H18N2O4S. The summed E-state index contributed by atoms with van der Waals surface area (Å²) in [5.41, 5.74) is 1.63. The van der Waals surface area contributed by atoms with E-state index >= 15 is 0 Å². The molecule has 0 aliphatic carbocycles. The third kappa shape index (κ3) is 2.54. The number of rotatable bonds is 3. The average Bonchev–Trinajstić information content (AvgIpc) is 3.15. The van der Waals surface area contributed by atoms with E-state index in [1.54, 1.807) is 26.0 Å². The molecule has 1 aliphatic heterocycles. The number of fused-ring (bicyclic) bond motifs is 1. The van der Waals surface area contributed by atoms with Crippen molar-refractivity contribution in [3.05, 3.63) is 49.4 Å². The topological polar surface area (TPSA) is 73.8 Å². The van der Waals surface area contributed by atoms with E-state index in [4.69, 9.17) is 9.15 Å². The van der Waals surface area contributed by atoms with Crippen LogP contribution in [0.15, 0.2) is 38.2 Å². The van der Waals surface area contributed by atoms with Gasteiger partial charge in [0.05, 0.1) is 23.0 Å². The Morgan fingerprint density at radius 3 is 2.79 bits per heavy atom. The maximum absolute atomic E-state index is 12.7. The van der Waals surface area contributed by atoms with Gasteiger partial charge in [0.2, 0.25) is 0 Å². The van der Waals surface area contributed by atoms with Gasteiger partial charge in [-0.25, -0.2) is 9.79 Å². The first-order valence-corrected chi connectivity index (χ1v) is 8.46. The van der Waals surface area contributed by atoms with Gasteiger partial charge in [0, 0.05) is 5.70 Å². The Hall–Kier alpha value is -2.41.